The Balaban J connectivity index is 1.52. The van der Waals surface area contributed by atoms with Gasteiger partial charge in [-0.1, -0.05) is 18.2 Å². The lowest BCUT2D eigenvalue weighted by Crippen LogP contribution is -2.42. The lowest BCUT2D eigenvalue weighted by Gasteiger charge is -2.31. The lowest BCUT2D eigenvalue weighted by molar-refractivity contribution is 0.0651. The average Bonchev–Trinajstić information content (AvgIpc) is 2.72. The summed E-state index contributed by atoms with van der Waals surface area (Å²) in [6.07, 6.45) is 3.35. The Morgan fingerprint density at radius 3 is 2.55 bits per heavy atom. The number of benzene rings is 2. The van der Waals surface area contributed by atoms with Crippen LogP contribution in [-0.2, 0) is 12.8 Å². The van der Waals surface area contributed by atoms with Crippen LogP contribution in [0.1, 0.15) is 44.8 Å². The second-order valence-electron chi connectivity index (χ2n) is 7.67. The molecule has 0 unspecified atom stereocenters. The predicted octanol–water partition coefficient (Wildman–Crippen LogP) is 2.34. The topological polar surface area (TPSA) is 124 Å². The third-order valence-corrected chi connectivity index (χ3v) is 5.71. The number of ether oxygens (including phenoxy) is 1. The number of aromatic nitrogens is 2. The second-order valence-corrected chi connectivity index (χ2v) is 7.67. The normalized spacial score (nSPS) is 13.1. The number of anilines is 1. The summed E-state index contributed by atoms with van der Waals surface area (Å²) < 4.78 is 5.50. The van der Waals surface area contributed by atoms with Gasteiger partial charge in [-0.25, -0.2) is 0 Å². The van der Waals surface area contributed by atoms with Crippen LogP contribution in [0.2, 0.25) is 0 Å². The molecule has 0 atom stereocenters. The number of aryl methyl sites for hydroxylation is 2. The quantitative estimate of drug-likeness (QED) is 0.606. The smallest absolute Gasteiger partial charge is 0.271 e. The van der Waals surface area contributed by atoms with Crippen LogP contribution in [0.15, 0.2) is 36.4 Å². The number of likely N-dealkylation sites (tertiary alicyclic amines) is 1. The van der Waals surface area contributed by atoms with Gasteiger partial charge in [-0.2, -0.15) is 0 Å². The number of hydrogen-bond acceptors (Lipinski definition) is 6. The molecule has 0 radical (unpaired) electrons. The van der Waals surface area contributed by atoms with Gasteiger partial charge in [-0.3, -0.25) is 9.59 Å². The van der Waals surface area contributed by atoms with Crippen LogP contribution in [0.4, 0.5) is 5.69 Å². The Morgan fingerprint density at radius 2 is 1.87 bits per heavy atom. The standard InChI is InChI=1S/C23H25N5O3/c1-31-18-10-9-16(23(30)28-11-4-12-28)13-15(18)7-2-5-14-6-3-8-17-19(24)21(22(25)29)27-26-20(14)17/h3,6,8-10,13H,2,4-5,7,11-12H2,1H3,(H2,24,26)(H2,25,29). The fourth-order valence-electron chi connectivity index (χ4n) is 3.87. The molecule has 1 aromatic heterocycles. The molecule has 0 aliphatic carbocycles. The van der Waals surface area contributed by atoms with E-state index >= 15 is 0 Å². The number of carbonyl (C=O) groups is 2. The molecule has 2 amide bonds. The third-order valence-electron chi connectivity index (χ3n) is 5.71. The van der Waals surface area contributed by atoms with E-state index in [1.165, 1.54) is 0 Å². The van der Waals surface area contributed by atoms with E-state index in [-0.39, 0.29) is 17.3 Å². The number of nitrogens with zero attached hydrogens (tertiary/aromatic N) is 3. The number of nitrogen functional groups attached to an aromatic ring is 1. The number of nitrogens with two attached hydrogens (primary N) is 2. The van der Waals surface area contributed by atoms with Crippen LogP contribution in [0.5, 0.6) is 5.75 Å². The minimum Gasteiger partial charge on any atom is -0.496 e. The first-order chi connectivity index (χ1) is 15.0. The number of primary amides is 1. The van der Waals surface area contributed by atoms with Crippen molar-refractivity contribution < 1.29 is 14.3 Å². The van der Waals surface area contributed by atoms with Crippen LogP contribution in [-0.4, -0.2) is 47.1 Å². The summed E-state index contributed by atoms with van der Waals surface area (Å²) in [5.74, 6) is 0.144. The maximum Gasteiger partial charge on any atom is 0.271 e. The van der Waals surface area contributed by atoms with E-state index in [9.17, 15) is 9.59 Å². The Bertz CT molecular complexity index is 1160. The zero-order valence-electron chi connectivity index (χ0n) is 17.4. The molecule has 3 aromatic rings. The molecule has 0 bridgehead atoms. The summed E-state index contributed by atoms with van der Waals surface area (Å²) in [6, 6.07) is 11.3. The molecule has 0 spiro atoms. The zero-order valence-corrected chi connectivity index (χ0v) is 17.4. The summed E-state index contributed by atoms with van der Waals surface area (Å²) in [6.45, 7) is 1.64. The highest BCUT2D eigenvalue weighted by Gasteiger charge is 2.22. The van der Waals surface area contributed by atoms with Crippen molar-refractivity contribution >= 4 is 28.4 Å². The van der Waals surface area contributed by atoms with Crippen molar-refractivity contribution in [2.24, 2.45) is 5.73 Å². The number of methoxy groups -OCH3 is 1. The minimum absolute atomic E-state index is 0.0157. The summed E-state index contributed by atoms with van der Waals surface area (Å²) >= 11 is 0. The van der Waals surface area contributed by atoms with Gasteiger partial charge in [-0.15, -0.1) is 10.2 Å². The number of rotatable bonds is 7. The van der Waals surface area contributed by atoms with Gasteiger partial charge < -0.3 is 21.1 Å². The maximum atomic E-state index is 12.6. The predicted molar refractivity (Wildman–Crippen MR) is 118 cm³/mol. The first-order valence-electron chi connectivity index (χ1n) is 10.3. The molecule has 2 heterocycles. The summed E-state index contributed by atoms with van der Waals surface area (Å²) in [5, 5.41) is 8.77. The molecule has 1 fully saturated rings. The van der Waals surface area contributed by atoms with E-state index in [2.05, 4.69) is 10.2 Å². The number of carbonyl (C=O) groups excluding carboxylic acids is 2. The van der Waals surface area contributed by atoms with E-state index in [4.69, 9.17) is 16.2 Å². The third kappa shape index (κ3) is 4.01. The van der Waals surface area contributed by atoms with E-state index < -0.39 is 5.91 Å². The highest BCUT2D eigenvalue weighted by Crippen LogP contribution is 2.27. The SMILES string of the molecule is COc1ccc(C(=O)N2CCC2)cc1CCCc1cccc2c(N)c(C(N)=O)nnc12. The molecule has 8 nitrogen and oxygen atoms in total. The van der Waals surface area contributed by atoms with E-state index in [0.29, 0.717) is 16.5 Å². The van der Waals surface area contributed by atoms with Crippen LogP contribution in [0, 0.1) is 0 Å². The molecular weight excluding hydrogens is 394 g/mol. The molecule has 1 saturated heterocycles. The lowest BCUT2D eigenvalue weighted by atomic mass is 9.99. The van der Waals surface area contributed by atoms with Gasteiger partial charge in [0.1, 0.15) is 5.75 Å². The van der Waals surface area contributed by atoms with Gasteiger partial charge in [0.05, 0.1) is 18.3 Å². The Kier molecular flexibility index (Phi) is 5.70. The maximum absolute atomic E-state index is 12.6. The Hall–Kier alpha value is -3.68. The Morgan fingerprint density at radius 1 is 1.10 bits per heavy atom. The Labute approximate surface area is 180 Å². The van der Waals surface area contributed by atoms with E-state index in [0.717, 1.165) is 55.6 Å². The first-order valence-corrected chi connectivity index (χ1v) is 10.3. The summed E-state index contributed by atoms with van der Waals surface area (Å²) in [5.41, 5.74) is 15.0. The van der Waals surface area contributed by atoms with Gasteiger partial charge >= 0.3 is 0 Å². The van der Waals surface area contributed by atoms with Crippen molar-refractivity contribution in [3.05, 3.63) is 58.8 Å². The molecule has 1 aliphatic rings. The van der Waals surface area contributed by atoms with Gasteiger partial charge in [0, 0.05) is 24.0 Å². The first kappa shape index (κ1) is 20.6. The minimum atomic E-state index is -0.697. The monoisotopic (exact) mass is 419 g/mol. The van der Waals surface area contributed by atoms with Crippen molar-refractivity contribution in [3.8, 4) is 5.75 Å². The van der Waals surface area contributed by atoms with E-state index in [1.807, 2.05) is 41.3 Å². The van der Waals surface area contributed by atoms with Gasteiger partial charge in [0.2, 0.25) is 0 Å². The fraction of sp³-hybridized carbons (Fsp3) is 0.304. The van der Waals surface area contributed by atoms with Crippen LogP contribution in [0.25, 0.3) is 10.9 Å². The molecule has 8 heteroatoms. The molecule has 1 aliphatic heterocycles. The van der Waals surface area contributed by atoms with Gasteiger partial charge in [0.15, 0.2) is 5.69 Å². The average molecular weight is 419 g/mol. The van der Waals surface area contributed by atoms with Crippen LogP contribution >= 0.6 is 0 Å². The summed E-state index contributed by atoms with van der Waals surface area (Å²) in [7, 11) is 1.63. The molecule has 160 valence electrons. The molecule has 31 heavy (non-hydrogen) atoms. The largest absolute Gasteiger partial charge is 0.496 e. The number of hydrogen-bond donors (Lipinski definition) is 2. The summed E-state index contributed by atoms with van der Waals surface area (Å²) in [4.78, 5) is 25.9. The zero-order chi connectivity index (χ0) is 22.0. The van der Waals surface area contributed by atoms with Crippen molar-refractivity contribution in [3.63, 3.8) is 0 Å². The van der Waals surface area contributed by atoms with Gasteiger partial charge in [0.25, 0.3) is 11.8 Å². The second kappa shape index (κ2) is 8.59. The van der Waals surface area contributed by atoms with Crippen molar-refractivity contribution in [2.75, 3.05) is 25.9 Å². The van der Waals surface area contributed by atoms with Crippen LogP contribution in [0.3, 0.4) is 0 Å². The van der Waals surface area contributed by atoms with Crippen molar-refractivity contribution in [1.29, 1.82) is 0 Å². The highest BCUT2D eigenvalue weighted by atomic mass is 16.5. The molecule has 4 N–H and O–H groups in total. The molecule has 2 aromatic carbocycles. The molecule has 0 saturated carbocycles. The molecule has 4 rings (SSSR count). The highest BCUT2D eigenvalue weighted by molar-refractivity contribution is 6.04. The molecular formula is C23H25N5O3. The number of fused-ring (bicyclic) bond motifs is 1. The van der Waals surface area contributed by atoms with Crippen LogP contribution < -0.4 is 16.2 Å². The fourth-order valence-corrected chi connectivity index (χ4v) is 3.87. The van der Waals surface area contributed by atoms with Crippen molar-refractivity contribution in [1.82, 2.24) is 15.1 Å². The van der Waals surface area contributed by atoms with Gasteiger partial charge in [-0.05, 0) is 55.0 Å². The van der Waals surface area contributed by atoms with E-state index in [1.54, 1.807) is 7.11 Å². The number of amides is 2. The van der Waals surface area contributed by atoms with Crippen molar-refractivity contribution in [2.45, 2.75) is 25.7 Å².